The van der Waals surface area contributed by atoms with Gasteiger partial charge in [-0.15, -0.1) is 0 Å². The predicted octanol–water partition coefficient (Wildman–Crippen LogP) is 3.49. The highest BCUT2D eigenvalue weighted by Gasteiger charge is 2.28. The Morgan fingerprint density at radius 1 is 1.32 bits per heavy atom. The van der Waals surface area contributed by atoms with Crippen LogP contribution in [0.15, 0.2) is 34.7 Å². The van der Waals surface area contributed by atoms with Crippen molar-refractivity contribution in [3.63, 3.8) is 0 Å². The van der Waals surface area contributed by atoms with Gasteiger partial charge in [0.1, 0.15) is 16.8 Å². The summed E-state index contributed by atoms with van der Waals surface area (Å²) < 4.78 is 17.2. The normalized spacial score (nSPS) is 15.0. The molecule has 0 bridgehead atoms. The molecule has 0 aliphatic carbocycles. The SMILES string of the molecule is COc1ccc2sc(OC3CCN(C(=O)c4ccc([N+](=O)[O-])o4)CC3)nc2c1. The zero-order valence-corrected chi connectivity index (χ0v) is 15.8. The molecule has 3 aromatic rings. The summed E-state index contributed by atoms with van der Waals surface area (Å²) in [5.74, 6) is -0.0619. The first-order chi connectivity index (χ1) is 13.5. The number of benzene rings is 1. The first kappa shape index (κ1) is 18.2. The van der Waals surface area contributed by atoms with E-state index < -0.39 is 10.8 Å². The summed E-state index contributed by atoms with van der Waals surface area (Å²) in [6.07, 6.45) is 1.25. The highest BCUT2D eigenvalue weighted by molar-refractivity contribution is 7.20. The maximum atomic E-state index is 12.4. The Morgan fingerprint density at radius 3 is 2.79 bits per heavy atom. The Morgan fingerprint density at radius 2 is 2.11 bits per heavy atom. The van der Waals surface area contributed by atoms with Gasteiger partial charge in [0.05, 0.1) is 23.4 Å². The van der Waals surface area contributed by atoms with E-state index in [9.17, 15) is 14.9 Å². The molecule has 146 valence electrons. The topological polar surface area (TPSA) is 108 Å². The number of carbonyl (C=O) groups is 1. The van der Waals surface area contributed by atoms with Crippen LogP contribution in [0.4, 0.5) is 5.88 Å². The average molecular weight is 403 g/mol. The number of piperidine rings is 1. The van der Waals surface area contributed by atoms with E-state index in [0.29, 0.717) is 31.1 Å². The van der Waals surface area contributed by atoms with Gasteiger partial charge in [-0.25, -0.2) is 4.98 Å². The highest BCUT2D eigenvalue weighted by atomic mass is 32.1. The fraction of sp³-hybridized carbons (Fsp3) is 0.333. The van der Waals surface area contributed by atoms with E-state index in [4.69, 9.17) is 13.9 Å². The van der Waals surface area contributed by atoms with Gasteiger partial charge in [-0.1, -0.05) is 11.3 Å². The molecule has 1 aromatic carbocycles. The summed E-state index contributed by atoms with van der Waals surface area (Å²) in [4.78, 5) is 28.6. The molecule has 1 fully saturated rings. The van der Waals surface area contributed by atoms with E-state index in [2.05, 4.69) is 4.98 Å². The molecule has 9 nitrogen and oxygen atoms in total. The van der Waals surface area contributed by atoms with Gasteiger partial charge < -0.3 is 18.8 Å². The first-order valence-electron chi connectivity index (χ1n) is 8.68. The number of furan rings is 1. The maximum Gasteiger partial charge on any atom is 0.433 e. The Kier molecular flexibility index (Phi) is 4.86. The molecular formula is C18H17N3O6S. The van der Waals surface area contributed by atoms with E-state index >= 15 is 0 Å². The van der Waals surface area contributed by atoms with Gasteiger partial charge in [0, 0.05) is 32.0 Å². The highest BCUT2D eigenvalue weighted by Crippen LogP contribution is 2.32. The minimum atomic E-state index is -0.662. The van der Waals surface area contributed by atoms with Crippen molar-refractivity contribution in [2.24, 2.45) is 0 Å². The van der Waals surface area contributed by atoms with Crippen molar-refractivity contribution in [3.8, 4) is 10.9 Å². The molecule has 0 spiro atoms. The molecule has 0 unspecified atom stereocenters. The summed E-state index contributed by atoms with van der Waals surface area (Å²) in [6.45, 7) is 0.966. The zero-order chi connectivity index (χ0) is 19.7. The summed E-state index contributed by atoms with van der Waals surface area (Å²) in [7, 11) is 1.61. The lowest BCUT2D eigenvalue weighted by Crippen LogP contribution is -2.41. The first-order valence-corrected chi connectivity index (χ1v) is 9.50. The molecule has 0 saturated carbocycles. The number of amides is 1. The number of aromatic nitrogens is 1. The standard InChI is InChI=1S/C18H17N3O6S/c1-25-12-2-4-15-13(10-12)19-18(28-15)26-11-6-8-20(9-7-11)17(22)14-3-5-16(27-14)21(23)24/h2-5,10-11H,6-9H2,1H3. The van der Waals surface area contributed by atoms with Crippen LogP contribution in [0.2, 0.25) is 0 Å². The molecule has 28 heavy (non-hydrogen) atoms. The number of hydrogen-bond acceptors (Lipinski definition) is 8. The lowest BCUT2D eigenvalue weighted by Gasteiger charge is -2.30. The van der Waals surface area contributed by atoms with Crippen LogP contribution in [-0.2, 0) is 0 Å². The number of rotatable bonds is 5. The molecule has 0 N–H and O–H groups in total. The van der Waals surface area contributed by atoms with Crippen LogP contribution < -0.4 is 9.47 Å². The number of nitro groups is 1. The number of carbonyl (C=O) groups excluding carboxylic acids is 1. The van der Waals surface area contributed by atoms with Gasteiger partial charge in [0.15, 0.2) is 5.76 Å². The summed E-state index contributed by atoms with van der Waals surface area (Å²) >= 11 is 1.47. The molecule has 2 aromatic heterocycles. The number of likely N-dealkylation sites (tertiary alicyclic amines) is 1. The predicted molar refractivity (Wildman–Crippen MR) is 101 cm³/mol. The number of thiazole rings is 1. The van der Waals surface area contributed by atoms with Crippen molar-refractivity contribution in [2.75, 3.05) is 20.2 Å². The summed E-state index contributed by atoms with van der Waals surface area (Å²) in [5, 5.41) is 11.3. The van der Waals surface area contributed by atoms with E-state index in [1.165, 1.54) is 23.5 Å². The lowest BCUT2D eigenvalue weighted by atomic mass is 10.1. The molecule has 1 saturated heterocycles. The summed E-state index contributed by atoms with van der Waals surface area (Å²) in [6, 6.07) is 8.21. The fourth-order valence-corrected chi connectivity index (χ4v) is 3.94. The third-order valence-electron chi connectivity index (χ3n) is 4.55. The third-order valence-corrected chi connectivity index (χ3v) is 5.48. The Balaban J connectivity index is 1.36. The largest absolute Gasteiger partial charge is 0.497 e. The van der Waals surface area contributed by atoms with Crippen LogP contribution in [0.1, 0.15) is 23.4 Å². The van der Waals surface area contributed by atoms with Crippen LogP contribution >= 0.6 is 11.3 Å². The Labute approximate surface area is 163 Å². The van der Waals surface area contributed by atoms with Crippen molar-refractivity contribution in [3.05, 3.63) is 46.2 Å². The van der Waals surface area contributed by atoms with E-state index in [0.717, 1.165) is 16.0 Å². The second kappa shape index (κ2) is 7.47. The Hall–Kier alpha value is -3.14. The Bertz CT molecular complexity index is 1020. The second-order valence-corrected chi connectivity index (χ2v) is 7.31. The van der Waals surface area contributed by atoms with E-state index in [-0.39, 0.29) is 17.8 Å². The number of fused-ring (bicyclic) bond motifs is 1. The molecule has 10 heteroatoms. The zero-order valence-electron chi connectivity index (χ0n) is 15.0. The van der Waals surface area contributed by atoms with Gasteiger partial charge in [0.2, 0.25) is 0 Å². The average Bonchev–Trinajstić information content (AvgIpc) is 3.34. The van der Waals surface area contributed by atoms with Crippen LogP contribution in [0.3, 0.4) is 0 Å². The molecule has 3 heterocycles. The minimum Gasteiger partial charge on any atom is -0.497 e. The smallest absolute Gasteiger partial charge is 0.433 e. The van der Waals surface area contributed by atoms with Gasteiger partial charge >= 0.3 is 5.88 Å². The van der Waals surface area contributed by atoms with E-state index in [1.54, 1.807) is 12.0 Å². The molecule has 4 rings (SSSR count). The fourth-order valence-electron chi connectivity index (χ4n) is 3.08. The van der Waals surface area contributed by atoms with Crippen molar-refractivity contribution < 1.29 is 23.6 Å². The molecule has 0 atom stereocenters. The maximum absolute atomic E-state index is 12.4. The van der Waals surface area contributed by atoms with Crippen LogP contribution in [0.5, 0.6) is 10.9 Å². The van der Waals surface area contributed by atoms with Crippen LogP contribution in [-0.4, -0.2) is 47.0 Å². The minimum absolute atomic E-state index is 0.0220. The molecule has 0 radical (unpaired) electrons. The molecular weight excluding hydrogens is 386 g/mol. The van der Waals surface area contributed by atoms with Gasteiger partial charge in [-0.2, -0.15) is 0 Å². The second-order valence-electron chi connectivity index (χ2n) is 6.32. The number of hydrogen-bond donors (Lipinski definition) is 0. The van der Waals surface area contributed by atoms with Crippen molar-refractivity contribution >= 4 is 33.3 Å². The molecule has 1 amide bonds. The van der Waals surface area contributed by atoms with Gasteiger partial charge in [0.25, 0.3) is 11.1 Å². The number of methoxy groups -OCH3 is 1. The van der Waals surface area contributed by atoms with Gasteiger partial charge in [-0.3, -0.25) is 14.9 Å². The quantitative estimate of drug-likeness (QED) is 0.474. The molecule has 1 aliphatic heterocycles. The van der Waals surface area contributed by atoms with Crippen molar-refractivity contribution in [1.29, 1.82) is 0 Å². The van der Waals surface area contributed by atoms with E-state index in [1.807, 2.05) is 18.2 Å². The van der Waals surface area contributed by atoms with Crippen molar-refractivity contribution in [2.45, 2.75) is 18.9 Å². The van der Waals surface area contributed by atoms with Crippen LogP contribution in [0.25, 0.3) is 10.2 Å². The number of nitrogens with zero attached hydrogens (tertiary/aromatic N) is 3. The van der Waals surface area contributed by atoms with Gasteiger partial charge in [-0.05, 0) is 18.2 Å². The third kappa shape index (κ3) is 3.63. The monoisotopic (exact) mass is 403 g/mol. The summed E-state index contributed by atoms with van der Waals surface area (Å²) in [5.41, 5.74) is 0.825. The number of ether oxygens (including phenoxy) is 2. The lowest BCUT2D eigenvalue weighted by molar-refractivity contribution is -0.402. The molecule has 1 aliphatic rings. The van der Waals surface area contributed by atoms with Crippen molar-refractivity contribution in [1.82, 2.24) is 9.88 Å². The van der Waals surface area contributed by atoms with Crippen LogP contribution in [0, 0.1) is 10.1 Å².